The molecule has 0 bridgehead atoms. The monoisotopic (exact) mass is 325 g/mol. The molecule has 4 heteroatoms. The minimum Gasteiger partial charge on any atom is -0.369 e. The van der Waals surface area contributed by atoms with Crippen LogP contribution in [0.5, 0.6) is 0 Å². The van der Waals surface area contributed by atoms with E-state index in [1.54, 1.807) is 0 Å². The highest BCUT2D eigenvalue weighted by atomic mass is 79.9. The summed E-state index contributed by atoms with van der Waals surface area (Å²) in [5.41, 5.74) is 1.31. The second-order valence-electron chi connectivity index (χ2n) is 5.41. The van der Waals surface area contributed by atoms with E-state index < -0.39 is 0 Å². The summed E-state index contributed by atoms with van der Waals surface area (Å²) in [6, 6.07) is 9.70. The van der Waals surface area contributed by atoms with Crippen molar-refractivity contribution in [2.24, 2.45) is 0 Å². The summed E-state index contributed by atoms with van der Waals surface area (Å²) in [6.07, 6.45) is 1.21. The molecular formula is C15H24BrN3. The lowest BCUT2D eigenvalue weighted by molar-refractivity contribution is 0.195. The van der Waals surface area contributed by atoms with E-state index in [0.717, 1.165) is 19.6 Å². The van der Waals surface area contributed by atoms with Gasteiger partial charge in [0.05, 0.1) is 5.69 Å². The van der Waals surface area contributed by atoms with Gasteiger partial charge in [0.25, 0.3) is 0 Å². The lowest BCUT2D eigenvalue weighted by Gasteiger charge is -2.32. The lowest BCUT2D eigenvalue weighted by atomic mass is 10.2. The molecule has 1 fully saturated rings. The van der Waals surface area contributed by atoms with Gasteiger partial charge in [0.1, 0.15) is 0 Å². The van der Waals surface area contributed by atoms with Gasteiger partial charge in [-0.1, -0.05) is 12.1 Å². The molecule has 2 atom stereocenters. The minimum absolute atomic E-state index is 0.551. The number of nitrogens with zero attached hydrogens (tertiary/aromatic N) is 2. The predicted octanol–water partition coefficient (Wildman–Crippen LogP) is 2.57. The molecule has 0 aromatic heterocycles. The smallest absolute Gasteiger partial charge is 0.0511 e. The largest absolute Gasteiger partial charge is 0.369 e. The third kappa shape index (κ3) is 3.50. The molecule has 0 aliphatic carbocycles. The Kier molecular flexibility index (Phi) is 5.25. The molecule has 1 N–H and O–H groups in total. The standard InChI is InChI=1S/C15H24BrN3/c1-12-8-9-19(11-13(10-17-2)18(12)3)15-7-5-4-6-14(15)16/h4-7,12-13,17H,8-11H2,1-3H3. The number of hydrogen-bond donors (Lipinski definition) is 1. The van der Waals surface area contributed by atoms with E-state index in [-0.39, 0.29) is 0 Å². The molecule has 0 amide bonds. The normalized spacial score (nSPS) is 25.4. The van der Waals surface area contributed by atoms with Crippen LogP contribution in [-0.4, -0.2) is 50.7 Å². The Labute approximate surface area is 125 Å². The maximum atomic E-state index is 3.68. The Bertz CT molecular complexity index is 410. The first-order chi connectivity index (χ1) is 9.13. The molecule has 106 valence electrons. The van der Waals surface area contributed by atoms with Crippen molar-refractivity contribution in [3.8, 4) is 0 Å². The molecule has 1 heterocycles. The molecule has 2 unspecified atom stereocenters. The molecule has 1 saturated heterocycles. The van der Waals surface area contributed by atoms with Crippen molar-refractivity contribution < 1.29 is 0 Å². The van der Waals surface area contributed by atoms with Gasteiger partial charge in [-0.25, -0.2) is 0 Å². The fourth-order valence-electron chi connectivity index (χ4n) is 2.75. The zero-order valence-electron chi connectivity index (χ0n) is 12.1. The lowest BCUT2D eigenvalue weighted by Crippen LogP contribution is -2.47. The Morgan fingerprint density at radius 2 is 2.11 bits per heavy atom. The highest BCUT2D eigenvalue weighted by Crippen LogP contribution is 2.28. The molecule has 19 heavy (non-hydrogen) atoms. The van der Waals surface area contributed by atoms with E-state index in [9.17, 15) is 0 Å². The zero-order valence-corrected chi connectivity index (χ0v) is 13.7. The van der Waals surface area contributed by atoms with Crippen molar-refractivity contribution in [1.29, 1.82) is 0 Å². The van der Waals surface area contributed by atoms with Crippen LogP contribution in [-0.2, 0) is 0 Å². The van der Waals surface area contributed by atoms with Crippen LogP contribution in [0.25, 0.3) is 0 Å². The van der Waals surface area contributed by atoms with Crippen LogP contribution < -0.4 is 10.2 Å². The van der Waals surface area contributed by atoms with Gasteiger partial charge in [0.2, 0.25) is 0 Å². The topological polar surface area (TPSA) is 18.5 Å². The number of rotatable bonds is 3. The molecule has 1 aromatic carbocycles. The summed E-state index contributed by atoms with van der Waals surface area (Å²) < 4.78 is 1.19. The Morgan fingerprint density at radius 3 is 2.79 bits per heavy atom. The van der Waals surface area contributed by atoms with Gasteiger partial charge < -0.3 is 10.2 Å². The second kappa shape index (κ2) is 6.73. The van der Waals surface area contributed by atoms with Gasteiger partial charge in [-0.3, -0.25) is 4.90 Å². The summed E-state index contributed by atoms with van der Waals surface area (Å²) >= 11 is 3.68. The molecule has 1 aliphatic rings. The molecule has 1 aromatic rings. The Morgan fingerprint density at radius 1 is 1.37 bits per heavy atom. The Hall–Kier alpha value is -0.580. The first kappa shape index (κ1) is 14.8. The van der Waals surface area contributed by atoms with Crippen molar-refractivity contribution in [2.75, 3.05) is 38.6 Å². The number of halogens is 1. The average molecular weight is 326 g/mol. The van der Waals surface area contributed by atoms with Gasteiger partial charge in [-0.15, -0.1) is 0 Å². The van der Waals surface area contributed by atoms with Crippen LogP contribution in [0.3, 0.4) is 0 Å². The number of nitrogens with one attached hydrogen (secondary N) is 1. The van der Waals surface area contributed by atoms with Gasteiger partial charge in [-0.2, -0.15) is 0 Å². The highest BCUT2D eigenvalue weighted by molar-refractivity contribution is 9.10. The second-order valence-corrected chi connectivity index (χ2v) is 6.27. The summed E-state index contributed by atoms with van der Waals surface area (Å²) in [4.78, 5) is 5.01. The van der Waals surface area contributed by atoms with Gasteiger partial charge >= 0.3 is 0 Å². The van der Waals surface area contributed by atoms with Crippen molar-refractivity contribution in [1.82, 2.24) is 10.2 Å². The quantitative estimate of drug-likeness (QED) is 0.921. The molecule has 0 saturated carbocycles. The van der Waals surface area contributed by atoms with Crippen LogP contribution in [0, 0.1) is 0 Å². The van der Waals surface area contributed by atoms with Gasteiger partial charge in [0.15, 0.2) is 0 Å². The van der Waals surface area contributed by atoms with Gasteiger partial charge in [-0.05, 0) is 55.5 Å². The van der Waals surface area contributed by atoms with Gasteiger partial charge in [0, 0.05) is 36.2 Å². The maximum absolute atomic E-state index is 3.68. The van der Waals surface area contributed by atoms with Crippen LogP contribution in [0.2, 0.25) is 0 Å². The third-order valence-electron chi connectivity index (χ3n) is 4.15. The van der Waals surface area contributed by atoms with Crippen LogP contribution in [0.15, 0.2) is 28.7 Å². The van der Waals surface area contributed by atoms with E-state index in [1.807, 2.05) is 7.05 Å². The van der Waals surface area contributed by atoms with Crippen LogP contribution >= 0.6 is 15.9 Å². The summed E-state index contributed by atoms with van der Waals surface area (Å²) in [6.45, 7) is 5.55. The summed E-state index contributed by atoms with van der Waals surface area (Å²) in [5, 5.41) is 3.32. The SMILES string of the molecule is CNCC1CN(c2ccccc2Br)CCC(C)N1C. The van der Waals surface area contributed by atoms with Crippen LogP contribution in [0.4, 0.5) is 5.69 Å². The number of likely N-dealkylation sites (N-methyl/N-ethyl adjacent to an activating group) is 2. The molecule has 2 rings (SSSR count). The predicted molar refractivity (Wildman–Crippen MR) is 85.9 cm³/mol. The van der Waals surface area contributed by atoms with Crippen molar-refractivity contribution in [3.63, 3.8) is 0 Å². The number of anilines is 1. The van der Waals surface area contributed by atoms with E-state index in [0.29, 0.717) is 12.1 Å². The molecular weight excluding hydrogens is 302 g/mol. The van der Waals surface area contributed by atoms with E-state index in [2.05, 4.69) is 69.3 Å². The van der Waals surface area contributed by atoms with E-state index >= 15 is 0 Å². The summed E-state index contributed by atoms with van der Waals surface area (Å²) in [7, 11) is 4.28. The molecule has 0 radical (unpaired) electrons. The first-order valence-corrected chi connectivity index (χ1v) is 7.78. The highest BCUT2D eigenvalue weighted by Gasteiger charge is 2.26. The maximum Gasteiger partial charge on any atom is 0.0511 e. The number of para-hydroxylation sites is 1. The number of hydrogen-bond acceptors (Lipinski definition) is 3. The molecule has 1 aliphatic heterocycles. The number of benzene rings is 1. The zero-order chi connectivity index (χ0) is 13.8. The average Bonchev–Trinajstić information content (AvgIpc) is 2.54. The molecule has 0 spiro atoms. The van der Waals surface area contributed by atoms with Crippen molar-refractivity contribution in [3.05, 3.63) is 28.7 Å². The van der Waals surface area contributed by atoms with E-state index in [1.165, 1.54) is 16.6 Å². The van der Waals surface area contributed by atoms with Crippen molar-refractivity contribution >= 4 is 21.6 Å². The fourth-order valence-corrected chi connectivity index (χ4v) is 3.29. The molecule has 3 nitrogen and oxygen atoms in total. The Balaban J connectivity index is 2.20. The van der Waals surface area contributed by atoms with Crippen LogP contribution in [0.1, 0.15) is 13.3 Å². The fraction of sp³-hybridized carbons (Fsp3) is 0.600. The van der Waals surface area contributed by atoms with E-state index in [4.69, 9.17) is 0 Å². The minimum atomic E-state index is 0.551. The van der Waals surface area contributed by atoms with Crippen molar-refractivity contribution in [2.45, 2.75) is 25.4 Å². The summed E-state index contributed by atoms with van der Waals surface area (Å²) in [5.74, 6) is 0. The first-order valence-electron chi connectivity index (χ1n) is 6.99. The third-order valence-corrected chi connectivity index (χ3v) is 4.82.